The van der Waals surface area contributed by atoms with E-state index in [1.807, 2.05) is 27.7 Å². The highest BCUT2D eigenvalue weighted by atomic mass is 19.4. The Labute approximate surface area is 173 Å². The second-order valence-electron chi connectivity index (χ2n) is 6.65. The maximum Gasteiger partial charge on any atom is 0.433 e. The van der Waals surface area contributed by atoms with E-state index in [4.69, 9.17) is 0 Å². The van der Waals surface area contributed by atoms with Crippen molar-refractivity contribution in [2.75, 3.05) is 10.6 Å². The Bertz CT molecular complexity index is 912. The van der Waals surface area contributed by atoms with Crippen LogP contribution in [0.2, 0.25) is 0 Å². The van der Waals surface area contributed by atoms with Crippen LogP contribution in [0.4, 0.5) is 30.8 Å². The Balaban J connectivity index is 0.00000155. The summed E-state index contributed by atoms with van der Waals surface area (Å²) in [6.07, 6.45) is -0.165. The summed E-state index contributed by atoms with van der Waals surface area (Å²) >= 11 is 0. The lowest BCUT2D eigenvalue weighted by Gasteiger charge is -2.15. The normalized spacial score (nSPS) is 14.0. The molecule has 2 N–H and O–H groups in total. The van der Waals surface area contributed by atoms with Gasteiger partial charge in [-0.05, 0) is 44.9 Å². The maximum atomic E-state index is 12.9. The summed E-state index contributed by atoms with van der Waals surface area (Å²) in [7, 11) is 0. The molecule has 0 saturated heterocycles. The van der Waals surface area contributed by atoms with Crippen molar-refractivity contribution >= 4 is 28.9 Å². The number of pyridine rings is 1. The minimum absolute atomic E-state index is 0.00140. The average Bonchev–Trinajstić information content (AvgIpc) is 2.68. The molecule has 0 bridgehead atoms. The molecule has 0 atom stereocenters. The summed E-state index contributed by atoms with van der Waals surface area (Å²) in [4.78, 5) is 27.9. The Hall–Kier alpha value is -3.04. The number of hydrogen-bond acceptors (Lipinski definition) is 7. The highest BCUT2D eigenvalue weighted by Gasteiger charge is 2.32. The van der Waals surface area contributed by atoms with Crippen LogP contribution in [-0.4, -0.2) is 31.8 Å². The minimum Gasteiger partial charge on any atom is -0.352 e. The van der Waals surface area contributed by atoms with Crippen molar-refractivity contribution in [3.05, 3.63) is 35.9 Å². The van der Waals surface area contributed by atoms with Gasteiger partial charge < -0.3 is 10.6 Å². The third-order valence-corrected chi connectivity index (χ3v) is 3.85. The lowest BCUT2D eigenvalue weighted by atomic mass is 9.98. The van der Waals surface area contributed by atoms with Gasteiger partial charge in [0.25, 0.3) is 0 Å². The van der Waals surface area contributed by atoms with E-state index in [1.54, 1.807) is 0 Å². The number of carbonyl (C=O) groups excluding carboxylic acids is 1. The second kappa shape index (κ2) is 10.1. The van der Waals surface area contributed by atoms with Crippen LogP contribution in [-0.2, 0) is 11.0 Å². The number of anilines is 3. The van der Waals surface area contributed by atoms with Gasteiger partial charge in [0.2, 0.25) is 11.9 Å². The second-order valence-corrected chi connectivity index (χ2v) is 6.65. The maximum absolute atomic E-state index is 12.9. The highest BCUT2D eigenvalue weighted by molar-refractivity contribution is 5.97. The van der Waals surface area contributed by atoms with Crippen molar-refractivity contribution in [2.45, 2.75) is 59.2 Å². The monoisotopic (exact) mass is 422 g/mol. The predicted octanol–water partition coefficient (Wildman–Crippen LogP) is 5.01. The number of carbonyl (C=O) groups is 1. The number of rotatable bonds is 5. The first kappa shape index (κ1) is 23.2. The van der Waals surface area contributed by atoms with Gasteiger partial charge in [0, 0.05) is 29.9 Å². The molecule has 1 aliphatic carbocycles. The summed E-state index contributed by atoms with van der Waals surface area (Å²) in [5.74, 6) is 0.662. The summed E-state index contributed by atoms with van der Waals surface area (Å²) in [6.45, 7) is 7.80. The van der Waals surface area contributed by atoms with E-state index in [2.05, 4.69) is 30.6 Å². The standard InChI is InChI=1S/C18H19F3N6O.C2H6/c1-10(2)23-16-25-15(11-4-3-5-13(28)8-11)26-17(27-16)24-12-6-7-22-14(9-12)18(19,20)21;1-2/h6-10H,3-5H2,1-2H3,(H2,22,23,24,25,26,27);1-2H3. The summed E-state index contributed by atoms with van der Waals surface area (Å²) < 4.78 is 38.6. The van der Waals surface area contributed by atoms with E-state index in [-0.39, 0.29) is 29.4 Å². The Morgan fingerprint density at radius 2 is 1.77 bits per heavy atom. The largest absolute Gasteiger partial charge is 0.433 e. The van der Waals surface area contributed by atoms with Crippen molar-refractivity contribution < 1.29 is 18.0 Å². The molecule has 2 aromatic heterocycles. The topological polar surface area (TPSA) is 92.7 Å². The number of allylic oxidation sites excluding steroid dienone is 2. The molecule has 0 saturated carbocycles. The quantitative estimate of drug-likeness (QED) is 0.699. The molecule has 0 radical (unpaired) electrons. The van der Waals surface area contributed by atoms with Crippen molar-refractivity contribution in [2.24, 2.45) is 0 Å². The summed E-state index contributed by atoms with van der Waals surface area (Å²) in [5, 5.41) is 5.82. The third kappa shape index (κ3) is 6.50. The molecule has 10 heteroatoms. The van der Waals surface area contributed by atoms with Crippen LogP contribution in [0.25, 0.3) is 5.57 Å². The fraction of sp³-hybridized carbons (Fsp3) is 0.450. The van der Waals surface area contributed by atoms with Crippen molar-refractivity contribution in [3.63, 3.8) is 0 Å². The zero-order chi connectivity index (χ0) is 22.3. The van der Waals surface area contributed by atoms with Crippen LogP contribution in [0.5, 0.6) is 0 Å². The molecule has 0 unspecified atom stereocenters. The SMILES string of the molecule is CC.CC(C)Nc1nc(Nc2ccnc(C(F)(F)F)c2)nc(C2=CC(=O)CCC2)n1. The molecule has 0 aliphatic heterocycles. The van der Waals surface area contributed by atoms with Crippen LogP contribution in [0.1, 0.15) is 58.5 Å². The predicted molar refractivity (Wildman–Crippen MR) is 109 cm³/mol. The van der Waals surface area contributed by atoms with Gasteiger partial charge in [-0.15, -0.1) is 0 Å². The Morgan fingerprint density at radius 1 is 1.07 bits per heavy atom. The van der Waals surface area contributed by atoms with Crippen molar-refractivity contribution in [1.82, 2.24) is 19.9 Å². The van der Waals surface area contributed by atoms with E-state index >= 15 is 0 Å². The van der Waals surface area contributed by atoms with Gasteiger partial charge in [-0.3, -0.25) is 9.78 Å². The lowest BCUT2D eigenvalue weighted by molar-refractivity contribution is -0.141. The molecule has 0 amide bonds. The lowest BCUT2D eigenvalue weighted by Crippen LogP contribution is -2.16. The smallest absolute Gasteiger partial charge is 0.352 e. The summed E-state index contributed by atoms with van der Waals surface area (Å²) in [5.41, 5.74) is -0.198. The number of alkyl halides is 3. The first-order chi connectivity index (χ1) is 14.2. The number of nitrogens with one attached hydrogen (secondary N) is 2. The zero-order valence-electron chi connectivity index (χ0n) is 17.3. The molecule has 0 fully saturated rings. The van der Waals surface area contributed by atoms with E-state index in [0.717, 1.165) is 12.3 Å². The van der Waals surface area contributed by atoms with E-state index in [0.29, 0.717) is 30.7 Å². The van der Waals surface area contributed by atoms with Gasteiger partial charge in [-0.25, -0.2) is 0 Å². The molecule has 30 heavy (non-hydrogen) atoms. The fourth-order valence-electron chi connectivity index (χ4n) is 2.66. The Kier molecular flexibility index (Phi) is 7.85. The van der Waals surface area contributed by atoms with Gasteiger partial charge in [0.05, 0.1) is 0 Å². The Morgan fingerprint density at radius 3 is 2.40 bits per heavy atom. The molecule has 0 spiro atoms. The van der Waals surface area contributed by atoms with Crippen LogP contribution < -0.4 is 10.6 Å². The van der Waals surface area contributed by atoms with Gasteiger partial charge >= 0.3 is 6.18 Å². The first-order valence-corrected chi connectivity index (χ1v) is 9.77. The highest BCUT2D eigenvalue weighted by Crippen LogP contribution is 2.30. The molecular weight excluding hydrogens is 397 g/mol. The van der Waals surface area contributed by atoms with Gasteiger partial charge in [0.1, 0.15) is 5.69 Å². The third-order valence-electron chi connectivity index (χ3n) is 3.85. The average molecular weight is 422 g/mol. The van der Waals surface area contributed by atoms with E-state index < -0.39 is 11.9 Å². The minimum atomic E-state index is -4.56. The van der Waals surface area contributed by atoms with Crippen LogP contribution in [0, 0.1) is 0 Å². The fourth-order valence-corrected chi connectivity index (χ4v) is 2.66. The summed E-state index contributed by atoms with van der Waals surface area (Å²) in [6, 6.07) is 2.29. The molecule has 2 heterocycles. The number of hydrogen-bond donors (Lipinski definition) is 2. The molecular formula is C20H25F3N6O. The zero-order valence-corrected chi connectivity index (χ0v) is 17.3. The van der Waals surface area contributed by atoms with E-state index in [9.17, 15) is 18.0 Å². The van der Waals surface area contributed by atoms with Gasteiger partial charge in [0.15, 0.2) is 11.6 Å². The van der Waals surface area contributed by atoms with E-state index in [1.165, 1.54) is 12.1 Å². The molecule has 7 nitrogen and oxygen atoms in total. The first-order valence-electron chi connectivity index (χ1n) is 9.77. The van der Waals surface area contributed by atoms with Crippen molar-refractivity contribution in [1.29, 1.82) is 0 Å². The molecule has 1 aliphatic rings. The number of nitrogens with zero attached hydrogens (tertiary/aromatic N) is 4. The molecule has 3 rings (SSSR count). The molecule has 162 valence electrons. The number of aromatic nitrogens is 4. The number of halogens is 3. The number of ketones is 1. The molecule has 0 aromatic carbocycles. The van der Waals surface area contributed by atoms with Crippen LogP contribution in [0.15, 0.2) is 24.4 Å². The van der Waals surface area contributed by atoms with Crippen LogP contribution in [0.3, 0.4) is 0 Å². The van der Waals surface area contributed by atoms with Crippen molar-refractivity contribution in [3.8, 4) is 0 Å². The molecule has 2 aromatic rings. The van der Waals surface area contributed by atoms with Gasteiger partial charge in [-0.1, -0.05) is 13.8 Å². The van der Waals surface area contributed by atoms with Crippen LogP contribution >= 0.6 is 0 Å². The van der Waals surface area contributed by atoms with Gasteiger partial charge in [-0.2, -0.15) is 28.1 Å².